The first-order valence-corrected chi connectivity index (χ1v) is 10.0. The van der Waals surface area contributed by atoms with E-state index in [0.29, 0.717) is 0 Å². The van der Waals surface area contributed by atoms with E-state index in [1.807, 2.05) is 31.2 Å². The number of piperazine rings is 1. The average molecular weight is 393 g/mol. The molecule has 3 heterocycles. The van der Waals surface area contributed by atoms with Gasteiger partial charge in [0.1, 0.15) is 10.8 Å². The second-order valence-corrected chi connectivity index (χ2v) is 8.09. The van der Waals surface area contributed by atoms with Crippen LogP contribution in [0.4, 0.5) is 10.3 Å². The molecule has 0 radical (unpaired) electrons. The molecule has 1 saturated heterocycles. The minimum absolute atomic E-state index is 0.755. The molecule has 6 nitrogen and oxygen atoms in total. The van der Waals surface area contributed by atoms with Gasteiger partial charge in [0.25, 0.3) is 0 Å². The lowest BCUT2D eigenvalue weighted by atomic mass is 10.2. The quantitative estimate of drug-likeness (QED) is 0.679. The summed E-state index contributed by atoms with van der Waals surface area (Å²) in [5, 5.41) is 12.5. The van der Waals surface area contributed by atoms with E-state index in [1.54, 1.807) is 11.3 Å². The molecule has 2 aromatic heterocycles. The largest absolute Gasteiger partial charge is 0.343 e. The second kappa shape index (κ2) is 7.23. The van der Waals surface area contributed by atoms with Crippen LogP contribution in [0.5, 0.6) is 0 Å². The number of hydrogen-bond acceptors (Lipinski definition) is 8. The maximum absolute atomic E-state index is 5.93. The van der Waals surface area contributed by atoms with E-state index < -0.39 is 0 Å². The molecule has 0 saturated carbocycles. The van der Waals surface area contributed by atoms with Crippen molar-refractivity contribution in [3.8, 4) is 0 Å². The zero-order valence-corrected chi connectivity index (χ0v) is 16.1. The molecule has 0 unspecified atom stereocenters. The number of aryl methyl sites for hydroxylation is 1. The van der Waals surface area contributed by atoms with E-state index in [9.17, 15) is 0 Å². The highest BCUT2D eigenvalue weighted by atomic mass is 35.5. The number of anilines is 2. The van der Waals surface area contributed by atoms with Gasteiger partial charge in [-0.3, -0.25) is 0 Å². The Morgan fingerprint density at radius 3 is 2.32 bits per heavy atom. The summed E-state index contributed by atoms with van der Waals surface area (Å²) in [6, 6.07) is 7.89. The molecule has 25 heavy (non-hydrogen) atoms. The van der Waals surface area contributed by atoms with Crippen molar-refractivity contribution in [3.63, 3.8) is 0 Å². The van der Waals surface area contributed by atoms with Gasteiger partial charge in [0, 0.05) is 49.2 Å². The van der Waals surface area contributed by atoms with Crippen molar-refractivity contribution in [2.45, 2.75) is 13.3 Å². The summed E-state index contributed by atoms with van der Waals surface area (Å²) in [7, 11) is 0. The Labute approximate surface area is 159 Å². The Morgan fingerprint density at radius 2 is 1.68 bits per heavy atom. The highest BCUT2D eigenvalue weighted by molar-refractivity contribution is 7.15. The van der Waals surface area contributed by atoms with Crippen LogP contribution in [-0.2, 0) is 6.42 Å². The molecule has 0 N–H and O–H groups in total. The third-order valence-corrected chi connectivity index (χ3v) is 6.17. The number of nitrogens with zero attached hydrogens (tertiary/aromatic N) is 6. The summed E-state index contributed by atoms with van der Waals surface area (Å²) in [5.41, 5.74) is 1.20. The van der Waals surface area contributed by atoms with Crippen LogP contribution in [0.2, 0.25) is 5.02 Å². The van der Waals surface area contributed by atoms with Crippen molar-refractivity contribution >= 4 is 44.7 Å². The van der Waals surface area contributed by atoms with Crippen LogP contribution in [0.25, 0.3) is 0 Å². The van der Waals surface area contributed by atoms with E-state index in [4.69, 9.17) is 11.6 Å². The molecule has 1 fully saturated rings. The molecule has 0 amide bonds. The van der Waals surface area contributed by atoms with Crippen LogP contribution in [-0.4, -0.2) is 45.7 Å². The van der Waals surface area contributed by atoms with E-state index in [2.05, 4.69) is 29.4 Å². The summed E-state index contributed by atoms with van der Waals surface area (Å²) < 4.78 is 4.26. The zero-order valence-electron chi connectivity index (χ0n) is 13.7. The minimum atomic E-state index is 0.755. The van der Waals surface area contributed by atoms with Gasteiger partial charge < -0.3 is 9.80 Å². The lowest BCUT2D eigenvalue weighted by molar-refractivity contribution is 0.647. The molecule has 1 aliphatic rings. The summed E-state index contributed by atoms with van der Waals surface area (Å²) in [5.74, 6) is 0.846. The maximum Gasteiger partial charge on any atom is 0.208 e. The first-order valence-electron chi connectivity index (χ1n) is 8.04. The third-order valence-electron chi connectivity index (χ3n) is 4.06. The highest BCUT2D eigenvalue weighted by Gasteiger charge is 2.22. The van der Waals surface area contributed by atoms with Crippen molar-refractivity contribution < 1.29 is 0 Å². The smallest absolute Gasteiger partial charge is 0.208 e. The van der Waals surface area contributed by atoms with Gasteiger partial charge in [0.2, 0.25) is 10.3 Å². The summed E-state index contributed by atoms with van der Waals surface area (Å²) >= 11 is 9.07. The van der Waals surface area contributed by atoms with Gasteiger partial charge in [-0.05, 0) is 24.6 Å². The highest BCUT2D eigenvalue weighted by Crippen LogP contribution is 2.25. The van der Waals surface area contributed by atoms with Crippen LogP contribution in [0, 0.1) is 6.92 Å². The van der Waals surface area contributed by atoms with Gasteiger partial charge >= 0.3 is 0 Å². The van der Waals surface area contributed by atoms with E-state index in [0.717, 1.165) is 58.7 Å². The average Bonchev–Trinajstić information content (AvgIpc) is 3.26. The maximum atomic E-state index is 5.93. The van der Waals surface area contributed by atoms with Crippen LogP contribution in [0.15, 0.2) is 24.3 Å². The molecule has 0 spiro atoms. The van der Waals surface area contributed by atoms with Crippen molar-refractivity contribution in [1.29, 1.82) is 0 Å². The van der Waals surface area contributed by atoms with E-state index in [1.165, 1.54) is 17.1 Å². The zero-order chi connectivity index (χ0) is 17.2. The summed E-state index contributed by atoms with van der Waals surface area (Å²) in [4.78, 5) is 9.06. The molecule has 1 aromatic carbocycles. The lowest BCUT2D eigenvalue weighted by Gasteiger charge is -2.33. The van der Waals surface area contributed by atoms with Crippen LogP contribution in [0.3, 0.4) is 0 Å². The Kier molecular flexibility index (Phi) is 4.82. The molecular formula is C16H17ClN6S2. The Bertz CT molecular complexity index is 838. The van der Waals surface area contributed by atoms with E-state index >= 15 is 0 Å². The van der Waals surface area contributed by atoms with E-state index in [-0.39, 0.29) is 0 Å². The van der Waals surface area contributed by atoms with Gasteiger partial charge in [-0.25, -0.2) is 4.98 Å². The molecule has 4 rings (SSSR count). The first-order chi connectivity index (χ1) is 12.2. The number of aromatic nitrogens is 4. The molecular weight excluding hydrogens is 376 g/mol. The van der Waals surface area contributed by atoms with Crippen LogP contribution in [0.1, 0.15) is 16.4 Å². The molecule has 0 bridgehead atoms. The van der Waals surface area contributed by atoms with Crippen molar-refractivity contribution in [2.24, 2.45) is 0 Å². The molecule has 0 aliphatic carbocycles. The van der Waals surface area contributed by atoms with Crippen molar-refractivity contribution in [3.05, 3.63) is 45.7 Å². The fourth-order valence-corrected chi connectivity index (χ4v) is 4.50. The standard InChI is InChI=1S/C16H17ClN6S2/c1-11-18-15(25-21-11)22-6-8-23(9-7-22)16-20-19-14(24-16)10-12-2-4-13(17)5-3-12/h2-5H,6-10H2,1H3. The van der Waals surface area contributed by atoms with Gasteiger partial charge in [-0.15, -0.1) is 10.2 Å². The summed E-state index contributed by atoms with van der Waals surface area (Å²) in [6.07, 6.45) is 0.791. The summed E-state index contributed by atoms with van der Waals surface area (Å²) in [6.45, 7) is 5.64. The Hall–Kier alpha value is -1.77. The molecule has 1 aliphatic heterocycles. The number of halogens is 1. The topological polar surface area (TPSA) is 58.0 Å². The van der Waals surface area contributed by atoms with Crippen molar-refractivity contribution in [2.75, 3.05) is 36.0 Å². The van der Waals surface area contributed by atoms with Gasteiger partial charge in [-0.1, -0.05) is 35.1 Å². The van der Waals surface area contributed by atoms with Crippen molar-refractivity contribution in [1.82, 2.24) is 19.6 Å². The Balaban J connectivity index is 1.37. The predicted octanol–water partition coefficient (Wildman–Crippen LogP) is 3.27. The minimum Gasteiger partial charge on any atom is -0.343 e. The van der Waals surface area contributed by atoms with Gasteiger partial charge in [0.15, 0.2) is 0 Å². The normalized spacial score (nSPS) is 15.0. The van der Waals surface area contributed by atoms with Gasteiger partial charge in [0.05, 0.1) is 0 Å². The fraction of sp³-hybridized carbons (Fsp3) is 0.375. The molecule has 0 atom stereocenters. The van der Waals surface area contributed by atoms with Crippen LogP contribution < -0.4 is 9.80 Å². The Morgan fingerprint density at radius 1 is 1.00 bits per heavy atom. The second-order valence-electron chi connectivity index (χ2n) is 5.88. The third kappa shape index (κ3) is 3.91. The van der Waals surface area contributed by atoms with Crippen LogP contribution >= 0.6 is 34.5 Å². The number of benzene rings is 1. The first kappa shape index (κ1) is 16.7. The molecule has 3 aromatic rings. The number of rotatable bonds is 4. The lowest BCUT2D eigenvalue weighted by Crippen LogP contribution is -2.46. The fourth-order valence-electron chi connectivity index (χ4n) is 2.72. The molecule has 130 valence electrons. The SMILES string of the molecule is Cc1nsc(N2CCN(c3nnc(Cc4ccc(Cl)cc4)s3)CC2)n1. The molecule has 9 heteroatoms. The number of hydrogen-bond donors (Lipinski definition) is 0. The van der Waals surface area contributed by atoms with Gasteiger partial charge in [-0.2, -0.15) is 4.37 Å². The monoisotopic (exact) mass is 392 g/mol. The predicted molar refractivity (Wildman–Crippen MR) is 103 cm³/mol.